The molecule has 0 bridgehead atoms. The highest BCUT2D eigenvalue weighted by Crippen LogP contribution is 2.14. The van der Waals surface area contributed by atoms with Crippen LogP contribution >= 0.6 is 11.6 Å². The first-order valence-corrected chi connectivity index (χ1v) is 5.92. The molecule has 1 N–H and O–H groups in total. The maximum absolute atomic E-state index is 12.1. The van der Waals surface area contributed by atoms with Crippen molar-refractivity contribution in [1.29, 1.82) is 0 Å². The number of rotatable bonds is 5. The van der Waals surface area contributed by atoms with Crippen molar-refractivity contribution in [3.8, 4) is 0 Å². The summed E-state index contributed by atoms with van der Waals surface area (Å²) in [5.41, 5.74) is 1.03. The van der Waals surface area contributed by atoms with Gasteiger partial charge in [0.15, 0.2) is 0 Å². The normalized spacial score (nSPS) is 11.5. The van der Waals surface area contributed by atoms with Gasteiger partial charge in [0.05, 0.1) is 11.8 Å². The highest BCUT2D eigenvalue weighted by molar-refractivity contribution is 6.30. The van der Waals surface area contributed by atoms with E-state index in [0.29, 0.717) is 16.3 Å². The predicted octanol–water partition coefficient (Wildman–Crippen LogP) is 2.36. The van der Waals surface area contributed by atoms with E-state index >= 15 is 0 Å². The number of anilines is 1. The molecule has 1 aromatic carbocycles. The van der Waals surface area contributed by atoms with Crippen molar-refractivity contribution in [3.05, 3.63) is 41.1 Å². The molecular formula is C13H16ClN3O2. The van der Waals surface area contributed by atoms with E-state index < -0.39 is 0 Å². The highest BCUT2D eigenvalue weighted by Gasteiger charge is 2.08. The lowest BCUT2D eigenvalue weighted by Gasteiger charge is -2.09. The Morgan fingerprint density at radius 3 is 2.53 bits per heavy atom. The number of nitrogens with zero attached hydrogens (tertiary/aromatic N) is 2. The molecule has 0 atom stereocenters. The molecule has 0 saturated heterocycles. The van der Waals surface area contributed by atoms with Crippen molar-refractivity contribution in [2.75, 3.05) is 26.5 Å². The maximum Gasteiger partial charge on any atom is 0.258 e. The van der Waals surface area contributed by atoms with Crippen LogP contribution in [0.1, 0.15) is 0 Å². The van der Waals surface area contributed by atoms with Gasteiger partial charge in [-0.25, -0.2) is 0 Å². The van der Waals surface area contributed by atoms with Crippen LogP contribution in [0.15, 0.2) is 41.2 Å². The molecule has 19 heavy (non-hydrogen) atoms. The fourth-order valence-corrected chi connectivity index (χ4v) is 1.40. The van der Waals surface area contributed by atoms with Gasteiger partial charge in [0, 0.05) is 31.0 Å². The fraction of sp³-hybridized carbons (Fsp3) is 0.231. The first-order valence-electron chi connectivity index (χ1n) is 5.54. The van der Waals surface area contributed by atoms with Gasteiger partial charge < -0.3 is 15.1 Å². The number of halogens is 1. The lowest BCUT2D eigenvalue weighted by molar-refractivity contribution is -0.112. The summed E-state index contributed by atoms with van der Waals surface area (Å²) < 4.78 is 0. The Morgan fingerprint density at radius 2 is 2.00 bits per heavy atom. The minimum atomic E-state index is -0.281. The largest absolute Gasteiger partial charge is 0.399 e. The van der Waals surface area contributed by atoms with Crippen molar-refractivity contribution in [2.24, 2.45) is 5.16 Å². The zero-order valence-electron chi connectivity index (χ0n) is 11.1. The van der Waals surface area contributed by atoms with E-state index in [4.69, 9.17) is 11.6 Å². The van der Waals surface area contributed by atoms with Crippen LogP contribution in [-0.2, 0) is 9.63 Å². The Hall–Kier alpha value is -2.01. The molecule has 0 aliphatic carbocycles. The van der Waals surface area contributed by atoms with Crippen LogP contribution in [0.4, 0.5) is 5.69 Å². The molecule has 0 spiro atoms. The summed E-state index contributed by atoms with van der Waals surface area (Å²) in [6.45, 7) is 0. The number of carbonyl (C=O) groups excluding carboxylic acids is 1. The molecule has 0 fully saturated rings. The fourth-order valence-electron chi connectivity index (χ4n) is 1.27. The molecule has 0 saturated carbocycles. The van der Waals surface area contributed by atoms with Gasteiger partial charge in [0.25, 0.3) is 5.91 Å². The van der Waals surface area contributed by atoms with Gasteiger partial charge >= 0.3 is 0 Å². The van der Waals surface area contributed by atoms with Crippen LogP contribution in [0.5, 0.6) is 0 Å². The average Bonchev–Trinajstić information content (AvgIpc) is 2.36. The Morgan fingerprint density at radius 1 is 1.37 bits per heavy atom. The second-order valence-electron chi connectivity index (χ2n) is 3.93. The minimum Gasteiger partial charge on any atom is -0.399 e. The van der Waals surface area contributed by atoms with Crippen LogP contribution in [-0.4, -0.2) is 38.2 Å². The first kappa shape index (κ1) is 15.0. The van der Waals surface area contributed by atoms with E-state index in [1.54, 1.807) is 35.4 Å². The monoisotopic (exact) mass is 281 g/mol. The summed E-state index contributed by atoms with van der Waals surface area (Å²) in [5, 5.41) is 6.96. The third-order valence-electron chi connectivity index (χ3n) is 2.06. The second-order valence-corrected chi connectivity index (χ2v) is 4.36. The van der Waals surface area contributed by atoms with Crippen molar-refractivity contribution < 1.29 is 9.63 Å². The predicted molar refractivity (Wildman–Crippen MR) is 77.4 cm³/mol. The molecule has 1 aromatic rings. The molecule has 0 aromatic heterocycles. The van der Waals surface area contributed by atoms with Gasteiger partial charge in [-0.2, -0.15) is 0 Å². The SMILES string of the molecule is CO/N=C/C(=C/N(C)C)C(=O)Nc1ccc(Cl)cc1. The summed E-state index contributed by atoms with van der Waals surface area (Å²) in [6.07, 6.45) is 3.00. The summed E-state index contributed by atoms with van der Waals surface area (Å²) in [6, 6.07) is 6.85. The smallest absolute Gasteiger partial charge is 0.258 e. The van der Waals surface area contributed by atoms with Crippen molar-refractivity contribution in [1.82, 2.24) is 4.90 Å². The zero-order valence-corrected chi connectivity index (χ0v) is 11.8. The van der Waals surface area contributed by atoms with Gasteiger partial charge in [0.1, 0.15) is 7.11 Å². The van der Waals surface area contributed by atoms with Gasteiger partial charge in [-0.3, -0.25) is 4.79 Å². The van der Waals surface area contributed by atoms with Gasteiger partial charge in [-0.05, 0) is 24.3 Å². The molecule has 1 rings (SSSR count). The Bertz CT molecular complexity index is 481. The lowest BCUT2D eigenvalue weighted by atomic mass is 10.2. The molecule has 5 nitrogen and oxygen atoms in total. The molecule has 102 valence electrons. The summed E-state index contributed by atoms with van der Waals surface area (Å²) >= 11 is 5.78. The number of benzene rings is 1. The van der Waals surface area contributed by atoms with Crippen molar-refractivity contribution >= 4 is 29.4 Å². The number of nitrogens with one attached hydrogen (secondary N) is 1. The number of amides is 1. The minimum absolute atomic E-state index is 0.281. The van der Waals surface area contributed by atoms with Crippen LogP contribution < -0.4 is 5.32 Å². The molecule has 1 amide bonds. The average molecular weight is 282 g/mol. The summed E-state index contributed by atoms with van der Waals surface area (Å²) in [7, 11) is 5.05. The third kappa shape index (κ3) is 5.44. The van der Waals surface area contributed by atoms with Crippen LogP contribution in [0.25, 0.3) is 0 Å². The molecule has 0 radical (unpaired) electrons. The van der Waals surface area contributed by atoms with Crippen molar-refractivity contribution in [3.63, 3.8) is 0 Å². The zero-order chi connectivity index (χ0) is 14.3. The first-order chi connectivity index (χ1) is 9.02. The topological polar surface area (TPSA) is 53.9 Å². The van der Waals surface area contributed by atoms with Crippen molar-refractivity contribution in [2.45, 2.75) is 0 Å². The van der Waals surface area contributed by atoms with E-state index in [0.717, 1.165) is 0 Å². The summed E-state index contributed by atoms with van der Waals surface area (Å²) in [4.78, 5) is 18.4. The highest BCUT2D eigenvalue weighted by atomic mass is 35.5. The number of hydrogen-bond donors (Lipinski definition) is 1. The Labute approximate surface area is 117 Å². The Kier molecular flexibility index (Phi) is 5.89. The molecule has 0 aliphatic rings. The standard InChI is InChI=1S/C13H16ClN3O2/c1-17(2)9-10(8-15-19-3)13(18)16-12-6-4-11(14)5-7-12/h4-9H,1-3H3,(H,16,18)/b10-9-,15-8+. The molecule has 0 unspecified atom stereocenters. The number of carbonyl (C=O) groups is 1. The van der Waals surface area contributed by atoms with Gasteiger partial charge in [0.2, 0.25) is 0 Å². The molecule has 0 aliphatic heterocycles. The summed E-state index contributed by atoms with van der Waals surface area (Å²) in [5.74, 6) is -0.281. The molecule has 0 heterocycles. The van der Waals surface area contributed by atoms with E-state index in [1.165, 1.54) is 13.3 Å². The third-order valence-corrected chi connectivity index (χ3v) is 2.31. The van der Waals surface area contributed by atoms with Gasteiger partial charge in [-0.15, -0.1) is 0 Å². The quantitative estimate of drug-likeness (QED) is 0.512. The molecular weight excluding hydrogens is 266 g/mol. The second kappa shape index (κ2) is 7.43. The molecule has 6 heteroatoms. The van der Waals surface area contributed by atoms with Crippen LogP contribution in [0.3, 0.4) is 0 Å². The van der Waals surface area contributed by atoms with Crippen LogP contribution in [0, 0.1) is 0 Å². The maximum atomic E-state index is 12.1. The van der Waals surface area contributed by atoms with E-state index in [1.807, 2.05) is 14.1 Å². The van der Waals surface area contributed by atoms with E-state index in [9.17, 15) is 4.79 Å². The number of oxime groups is 1. The lowest BCUT2D eigenvalue weighted by Crippen LogP contribution is -2.18. The van der Waals surface area contributed by atoms with E-state index in [-0.39, 0.29) is 5.91 Å². The number of hydrogen-bond acceptors (Lipinski definition) is 4. The van der Waals surface area contributed by atoms with Crippen LogP contribution in [0.2, 0.25) is 5.02 Å². The Balaban J connectivity index is 2.82. The van der Waals surface area contributed by atoms with Gasteiger partial charge in [-0.1, -0.05) is 16.8 Å². The van der Waals surface area contributed by atoms with E-state index in [2.05, 4.69) is 15.3 Å².